The molecule has 1 aromatic heterocycles. The number of halogens is 1. The third kappa shape index (κ3) is 4.05. The van der Waals surface area contributed by atoms with Crippen molar-refractivity contribution in [1.29, 1.82) is 0 Å². The van der Waals surface area contributed by atoms with Crippen molar-refractivity contribution in [2.24, 2.45) is 5.92 Å². The Morgan fingerprint density at radius 3 is 2.39 bits per heavy atom. The number of benzene rings is 2. The van der Waals surface area contributed by atoms with Gasteiger partial charge in [0.05, 0.1) is 5.02 Å². The highest BCUT2D eigenvalue weighted by Gasteiger charge is 2.21. The molecule has 3 aromatic rings. The first-order chi connectivity index (χ1) is 13.6. The van der Waals surface area contributed by atoms with Crippen molar-refractivity contribution in [2.45, 2.75) is 32.1 Å². The summed E-state index contributed by atoms with van der Waals surface area (Å²) in [5.41, 5.74) is 1.32. The van der Waals surface area contributed by atoms with Crippen LogP contribution in [0.1, 0.15) is 41.8 Å². The number of amides is 2. The molecule has 28 heavy (non-hydrogen) atoms. The molecule has 4 rings (SSSR count). The zero-order chi connectivity index (χ0) is 19.5. The molecule has 4 nitrogen and oxygen atoms in total. The molecule has 6 heteroatoms. The van der Waals surface area contributed by atoms with Gasteiger partial charge in [-0.05, 0) is 37.1 Å². The van der Waals surface area contributed by atoms with Gasteiger partial charge >= 0.3 is 0 Å². The smallest absolute Gasteiger partial charge is 0.267 e. The summed E-state index contributed by atoms with van der Waals surface area (Å²) in [7, 11) is 0. The Balaban J connectivity index is 1.47. The first-order valence-electron chi connectivity index (χ1n) is 9.51. The SMILES string of the molecule is O=C(Nc1cccc(NC(=O)C2CCCCC2)c1)c1sc2ccccc2c1Cl. The lowest BCUT2D eigenvalue weighted by atomic mass is 9.88. The van der Waals surface area contributed by atoms with Crippen molar-refractivity contribution in [3.63, 3.8) is 0 Å². The molecule has 1 aliphatic rings. The van der Waals surface area contributed by atoms with Crippen LogP contribution in [0.4, 0.5) is 11.4 Å². The fourth-order valence-electron chi connectivity index (χ4n) is 3.63. The quantitative estimate of drug-likeness (QED) is 0.526. The summed E-state index contributed by atoms with van der Waals surface area (Å²) < 4.78 is 0.978. The normalized spacial score (nSPS) is 14.8. The van der Waals surface area contributed by atoms with Crippen molar-refractivity contribution >= 4 is 56.2 Å². The Morgan fingerprint density at radius 2 is 1.64 bits per heavy atom. The van der Waals surface area contributed by atoms with Gasteiger partial charge in [-0.1, -0.05) is 55.1 Å². The van der Waals surface area contributed by atoms with Crippen molar-refractivity contribution in [3.8, 4) is 0 Å². The van der Waals surface area contributed by atoms with E-state index in [1.54, 1.807) is 12.1 Å². The highest BCUT2D eigenvalue weighted by atomic mass is 35.5. The Labute approximate surface area is 172 Å². The van der Waals surface area contributed by atoms with Crippen LogP contribution in [0.15, 0.2) is 48.5 Å². The molecule has 2 aromatic carbocycles. The lowest BCUT2D eigenvalue weighted by molar-refractivity contribution is -0.120. The molecule has 0 aliphatic heterocycles. The van der Waals surface area contributed by atoms with Crippen LogP contribution >= 0.6 is 22.9 Å². The topological polar surface area (TPSA) is 58.2 Å². The van der Waals surface area contributed by atoms with E-state index in [9.17, 15) is 9.59 Å². The van der Waals surface area contributed by atoms with Crippen LogP contribution in [-0.2, 0) is 4.79 Å². The first-order valence-corrected chi connectivity index (χ1v) is 10.7. The predicted octanol–water partition coefficient (Wildman–Crippen LogP) is 6.33. The number of hydrogen-bond acceptors (Lipinski definition) is 3. The van der Waals surface area contributed by atoms with E-state index in [4.69, 9.17) is 11.6 Å². The maximum atomic E-state index is 12.7. The lowest BCUT2D eigenvalue weighted by Crippen LogP contribution is -2.24. The fraction of sp³-hybridized carbons (Fsp3) is 0.273. The van der Waals surface area contributed by atoms with Crippen LogP contribution in [0.5, 0.6) is 0 Å². The van der Waals surface area contributed by atoms with Crippen LogP contribution < -0.4 is 10.6 Å². The summed E-state index contributed by atoms with van der Waals surface area (Å²) in [5, 5.41) is 7.23. The molecule has 1 aliphatic carbocycles. The van der Waals surface area contributed by atoms with Crippen molar-refractivity contribution in [2.75, 3.05) is 10.6 Å². The minimum Gasteiger partial charge on any atom is -0.326 e. The van der Waals surface area contributed by atoms with Gasteiger partial charge in [0, 0.05) is 27.4 Å². The van der Waals surface area contributed by atoms with Gasteiger partial charge in [0.2, 0.25) is 5.91 Å². The number of nitrogens with one attached hydrogen (secondary N) is 2. The molecular formula is C22H21ClN2O2S. The zero-order valence-electron chi connectivity index (χ0n) is 15.3. The Bertz CT molecular complexity index is 1020. The van der Waals surface area contributed by atoms with E-state index in [-0.39, 0.29) is 17.7 Å². The molecule has 0 saturated heterocycles. The van der Waals surface area contributed by atoms with Gasteiger partial charge in [-0.15, -0.1) is 11.3 Å². The average Bonchev–Trinajstić information content (AvgIpc) is 3.06. The van der Waals surface area contributed by atoms with Gasteiger partial charge in [0.25, 0.3) is 5.91 Å². The van der Waals surface area contributed by atoms with Gasteiger partial charge in [0.1, 0.15) is 4.88 Å². The average molecular weight is 413 g/mol. The third-order valence-electron chi connectivity index (χ3n) is 5.11. The van der Waals surface area contributed by atoms with Crippen LogP contribution in [-0.4, -0.2) is 11.8 Å². The van der Waals surface area contributed by atoms with Crippen LogP contribution in [0.3, 0.4) is 0 Å². The third-order valence-corrected chi connectivity index (χ3v) is 6.78. The van der Waals surface area contributed by atoms with Crippen LogP contribution in [0.25, 0.3) is 10.1 Å². The van der Waals surface area contributed by atoms with Crippen LogP contribution in [0, 0.1) is 5.92 Å². The summed E-state index contributed by atoms with van der Waals surface area (Å²) in [6, 6.07) is 14.9. The second kappa shape index (κ2) is 8.33. The number of rotatable bonds is 4. The minimum atomic E-state index is -0.248. The van der Waals surface area contributed by atoms with Crippen LogP contribution in [0.2, 0.25) is 5.02 Å². The van der Waals surface area contributed by atoms with E-state index in [2.05, 4.69) is 10.6 Å². The summed E-state index contributed by atoms with van der Waals surface area (Å²) in [4.78, 5) is 25.7. The standard InChI is InChI=1S/C22H21ClN2O2S/c23-19-17-11-4-5-12-18(17)28-20(19)22(27)25-16-10-6-9-15(13-16)24-21(26)14-7-2-1-3-8-14/h4-6,9-14H,1-3,7-8H2,(H,24,26)(H,25,27). The Morgan fingerprint density at radius 1 is 0.929 bits per heavy atom. The maximum absolute atomic E-state index is 12.7. The zero-order valence-corrected chi connectivity index (χ0v) is 16.9. The van der Waals surface area contributed by atoms with Gasteiger partial charge < -0.3 is 10.6 Å². The second-order valence-electron chi connectivity index (χ2n) is 7.10. The lowest BCUT2D eigenvalue weighted by Gasteiger charge is -2.20. The van der Waals surface area contributed by atoms with E-state index in [0.717, 1.165) is 35.8 Å². The fourth-order valence-corrected chi connectivity index (χ4v) is 5.04. The number of carbonyl (C=O) groups excluding carboxylic acids is 2. The highest BCUT2D eigenvalue weighted by Crippen LogP contribution is 2.35. The molecule has 0 atom stereocenters. The Hall–Kier alpha value is -2.37. The van der Waals surface area contributed by atoms with E-state index < -0.39 is 0 Å². The highest BCUT2D eigenvalue weighted by molar-refractivity contribution is 7.21. The molecule has 0 unspecified atom stereocenters. The number of hydrogen-bond donors (Lipinski definition) is 2. The molecule has 0 bridgehead atoms. The molecule has 1 fully saturated rings. The molecule has 2 amide bonds. The van der Waals surface area contributed by atoms with Crippen molar-refractivity contribution in [1.82, 2.24) is 0 Å². The largest absolute Gasteiger partial charge is 0.326 e. The maximum Gasteiger partial charge on any atom is 0.267 e. The molecule has 1 heterocycles. The second-order valence-corrected chi connectivity index (χ2v) is 8.53. The summed E-state index contributed by atoms with van der Waals surface area (Å²) in [6.45, 7) is 0. The van der Waals surface area contributed by atoms with Crippen molar-refractivity contribution in [3.05, 3.63) is 58.4 Å². The van der Waals surface area contributed by atoms with Gasteiger partial charge in [-0.2, -0.15) is 0 Å². The van der Waals surface area contributed by atoms with Gasteiger partial charge in [-0.3, -0.25) is 9.59 Å². The molecule has 0 radical (unpaired) electrons. The first kappa shape index (κ1) is 19.0. The van der Waals surface area contributed by atoms with E-state index >= 15 is 0 Å². The predicted molar refractivity (Wildman–Crippen MR) is 116 cm³/mol. The van der Waals surface area contributed by atoms with Gasteiger partial charge in [-0.25, -0.2) is 0 Å². The Kier molecular flexibility index (Phi) is 5.64. The van der Waals surface area contributed by atoms with E-state index in [1.807, 2.05) is 36.4 Å². The number of carbonyl (C=O) groups is 2. The summed E-state index contributed by atoms with van der Waals surface area (Å²) in [6.07, 6.45) is 5.35. The number of fused-ring (bicyclic) bond motifs is 1. The summed E-state index contributed by atoms with van der Waals surface area (Å²) in [5.74, 6) is -0.0953. The molecule has 2 N–H and O–H groups in total. The van der Waals surface area contributed by atoms with Crippen molar-refractivity contribution < 1.29 is 9.59 Å². The molecule has 144 valence electrons. The van der Waals surface area contributed by atoms with E-state index in [0.29, 0.717) is 21.3 Å². The summed E-state index contributed by atoms with van der Waals surface area (Å²) >= 11 is 7.77. The molecule has 1 saturated carbocycles. The monoisotopic (exact) mass is 412 g/mol. The van der Waals surface area contributed by atoms with E-state index in [1.165, 1.54) is 17.8 Å². The molecular weight excluding hydrogens is 392 g/mol. The van der Waals surface area contributed by atoms with Gasteiger partial charge in [0.15, 0.2) is 0 Å². The number of anilines is 2. The minimum absolute atomic E-state index is 0.0655. The number of thiophene rings is 1. The molecule has 0 spiro atoms.